The highest BCUT2D eigenvalue weighted by atomic mass is 127. The minimum absolute atomic E-state index is 0.197. The first-order valence-electron chi connectivity index (χ1n) is 7.12. The molecular formula is C16H12BrCl3IN3OS. The Morgan fingerprint density at radius 2 is 1.81 bits per heavy atom. The Kier molecular flexibility index (Phi) is 8.24. The van der Waals surface area contributed by atoms with Crippen LogP contribution in [0, 0.1) is 3.57 Å². The molecule has 0 aliphatic carbocycles. The van der Waals surface area contributed by atoms with Gasteiger partial charge in [-0.15, -0.1) is 0 Å². The molecule has 2 rings (SSSR count). The van der Waals surface area contributed by atoms with Gasteiger partial charge in [0.1, 0.15) is 6.17 Å². The normalized spacial score (nSPS) is 12.2. The zero-order chi connectivity index (χ0) is 19.3. The first-order valence-corrected chi connectivity index (χ1v) is 10.5. The van der Waals surface area contributed by atoms with Crippen LogP contribution in [-0.2, 0) is 0 Å². The third-order valence-electron chi connectivity index (χ3n) is 3.08. The van der Waals surface area contributed by atoms with Crippen LogP contribution in [0.25, 0.3) is 0 Å². The summed E-state index contributed by atoms with van der Waals surface area (Å²) in [7, 11) is 0. The van der Waals surface area contributed by atoms with Gasteiger partial charge in [0.2, 0.25) is 3.79 Å². The molecule has 0 heterocycles. The van der Waals surface area contributed by atoms with E-state index in [-0.39, 0.29) is 11.0 Å². The number of thiocarbonyl (C=S) groups is 1. The Bertz CT molecular complexity index is 819. The molecule has 0 radical (unpaired) electrons. The first kappa shape index (κ1) is 22.0. The predicted molar refractivity (Wildman–Crippen MR) is 124 cm³/mol. The van der Waals surface area contributed by atoms with Gasteiger partial charge in [0.25, 0.3) is 5.91 Å². The third-order valence-corrected chi connectivity index (χ3v) is 5.39. The van der Waals surface area contributed by atoms with E-state index in [1.807, 2.05) is 36.4 Å². The average Bonchev–Trinajstić information content (AvgIpc) is 2.53. The van der Waals surface area contributed by atoms with Crippen LogP contribution in [0.4, 0.5) is 5.69 Å². The second-order valence-corrected chi connectivity index (χ2v) is 9.89. The molecule has 0 saturated carbocycles. The summed E-state index contributed by atoms with van der Waals surface area (Å²) in [6, 6.07) is 14.5. The summed E-state index contributed by atoms with van der Waals surface area (Å²) in [6.45, 7) is 0. The molecular weight excluding hydrogens is 595 g/mol. The van der Waals surface area contributed by atoms with Gasteiger partial charge in [-0.25, -0.2) is 0 Å². The van der Waals surface area contributed by atoms with Crippen molar-refractivity contribution in [2.75, 3.05) is 5.32 Å². The SMILES string of the molecule is O=C(NC(NC(=S)Nc1cccc(Br)c1)C(Cl)(Cl)Cl)c1ccccc1I. The highest BCUT2D eigenvalue weighted by molar-refractivity contribution is 14.1. The monoisotopic (exact) mass is 605 g/mol. The number of hydrogen-bond donors (Lipinski definition) is 3. The summed E-state index contributed by atoms with van der Waals surface area (Å²) in [5.41, 5.74) is 1.21. The molecule has 0 saturated heterocycles. The Morgan fingerprint density at radius 3 is 2.42 bits per heavy atom. The number of alkyl halides is 3. The molecule has 26 heavy (non-hydrogen) atoms. The third kappa shape index (κ3) is 6.69. The molecule has 0 spiro atoms. The van der Waals surface area contributed by atoms with Crippen molar-refractivity contribution in [2.24, 2.45) is 0 Å². The molecule has 0 aliphatic heterocycles. The van der Waals surface area contributed by atoms with Crippen molar-refractivity contribution in [1.29, 1.82) is 0 Å². The van der Waals surface area contributed by atoms with E-state index in [1.54, 1.807) is 12.1 Å². The zero-order valence-corrected chi connectivity index (χ0v) is 19.7. The largest absolute Gasteiger partial charge is 0.339 e. The Labute approximate surface area is 193 Å². The molecule has 4 nitrogen and oxygen atoms in total. The van der Waals surface area contributed by atoms with Crippen LogP contribution in [0.5, 0.6) is 0 Å². The lowest BCUT2D eigenvalue weighted by atomic mass is 10.2. The number of halogens is 5. The number of carbonyl (C=O) groups is 1. The molecule has 2 aromatic carbocycles. The molecule has 1 amide bonds. The average molecular weight is 608 g/mol. The molecule has 0 fully saturated rings. The highest BCUT2D eigenvalue weighted by Crippen LogP contribution is 2.29. The van der Waals surface area contributed by atoms with Gasteiger partial charge in [-0.1, -0.05) is 68.9 Å². The highest BCUT2D eigenvalue weighted by Gasteiger charge is 2.35. The molecule has 0 aliphatic rings. The number of rotatable bonds is 4. The van der Waals surface area contributed by atoms with Crippen molar-refractivity contribution in [3.05, 3.63) is 62.1 Å². The Morgan fingerprint density at radius 1 is 1.12 bits per heavy atom. The lowest BCUT2D eigenvalue weighted by Crippen LogP contribution is -2.56. The van der Waals surface area contributed by atoms with E-state index >= 15 is 0 Å². The Balaban J connectivity index is 2.09. The second-order valence-electron chi connectivity index (χ2n) is 5.04. The van der Waals surface area contributed by atoms with E-state index in [9.17, 15) is 4.79 Å². The van der Waals surface area contributed by atoms with Crippen molar-refractivity contribution >= 4 is 102 Å². The summed E-state index contributed by atoms with van der Waals surface area (Å²) < 4.78 is -0.158. The number of amides is 1. The van der Waals surface area contributed by atoms with E-state index in [1.165, 1.54) is 0 Å². The van der Waals surface area contributed by atoms with Gasteiger partial charge >= 0.3 is 0 Å². The molecule has 10 heteroatoms. The summed E-state index contributed by atoms with van der Waals surface area (Å²) in [5, 5.41) is 8.64. The summed E-state index contributed by atoms with van der Waals surface area (Å²) in [4.78, 5) is 12.5. The fourth-order valence-corrected chi connectivity index (χ4v) is 3.51. The quantitative estimate of drug-likeness (QED) is 0.187. The molecule has 0 aromatic heterocycles. The molecule has 3 N–H and O–H groups in total. The number of benzene rings is 2. The fourth-order valence-electron chi connectivity index (χ4n) is 1.92. The zero-order valence-electron chi connectivity index (χ0n) is 12.9. The summed E-state index contributed by atoms with van der Waals surface area (Å²) >= 11 is 28.7. The van der Waals surface area contributed by atoms with E-state index in [0.29, 0.717) is 5.56 Å². The number of anilines is 1. The minimum atomic E-state index is -1.82. The van der Waals surface area contributed by atoms with E-state index < -0.39 is 9.96 Å². The van der Waals surface area contributed by atoms with Crippen LogP contribution >= 0.6 is 85.5 Å². The second kappa shape index (κ2) is 9.75. The number of hydrogen-bond acceptors (Lipinski definition) is 2. The van der Waals surface area contributed by atoms with Crippen LogP contribution in [0.3, 0.4) is 0 Å². The van der Waals surface area contributed by atoms with Crippen molar-refractivity contribution in [3.63, 3.8) is 0 Å². The standard InChI is InChI=1S/C16H12BrCl3IN3OS/c17-9-4-3-5-10(8-9)22-15(26)24-14(16(18,19)20)23-13(25)11-6-1-2-7-12(11)21/h1-8,14H,(H,23,25)(H2,22,24,26). The van der Waals surface area contributed by atoms with E-state index in [0.717, 1.165) is 13.7 Å². The maximum absolute atomic E-state index is 12.5. The smallest absolute Gasteiger partial charge is 0.254 e. The first-order chi connectivity index (χ1) is 12.2. The number of carbonyl (C=O) groups excluding carboxylic acids is 1. The van der Waals surface area contributed by atoms with Gasteiger partial charge in [0, 0.05) is 13.7 Å². The van der Waals surface area contributed by atoms with Crippen LogP contribution in [0.1, 0.15) is 10.4 Å². The van der Waals surface area contributed by atoms with Crippen molar-refractivity contribution in [3.8, 4) is 0 Å². The minimum Gasteiger partial charge on any atom is -0.339 e. The summed E-state index contributed by atoms with van der Waals surface area (Å²) in [5.74, 6) is -0.385. The van der Waals surface area contributed by atoms with Gasteiger partial charge in [-0.05, 0) is 65.1 Å². The van der Waals surface area contributed by atoms with Crippen molar-refractivity contribution in [1.82, 2.24) is 10.6 Å². The van der Waals surface area contributed by atoms with E-state index in [4.69, 9.17) is 47.0 Å². The van der Waals surface area contributed by atoms with Gasteiger partial charge in [0.05, 0.1) is 5.56 Å². The van der Waals surface area contributed by atoms with Gasteiger partial charge in [0.15, 0.2) is 5.11 Å². The molecule has 138 valence electrons. The molecule has 0 bridgehead atoms. The molecule has 1 atom stereocenters. The maximum Gasteiger partial charge on any atom is 0.254 e. The predicted octanol–water partition coefficient (Wildman–Crippen LogP) is 5.47. The lowest BCUT2D eigenvalue weighted by Gasteiger charge is -2.28. The van der Waals surface area contributed by atoms with Crippen molar-refractivity contribution in [2.45, 2.75) is 9.96 Å². The van der Waals surface area contributed by atoms with Crippen LogP contribution in [-0.4, -0.2) is 21.0 Å². The van der Waals surface area contributed by atoms with E-state index in [2.05, 4.69) is 54.5 Å². The van der Waals surface area contributed by atoms with Crippen molar-refractivity contribution < 1.29 is 4.79 Å². The van der Waals surface area contributed by atoms with Gasteiger partial charge in [-0.2, -0.15) is 0 Å². The topological polar surface area (TPSA) is 53.2 Å². The van der Waals surface area contributed by atoms with Crippen LogP contribution in [0.2, 0.25) is 0 Å². The molecule has 1 unspecified atom stereocenters. The Hall–Kier alpha value is -0.320. The van der Waals surface area contributed by atoms with Crippen LogP contribution < -0.4 is 16.0 Å². The lowest BCUT2D eigenvalue weighted by molar-refractivity contribution is 0.0933. The van der Waals surface area contributed by atoms with Gasteiger partial charge in [-0.3, -0.25) is 4.79 Å². The molecule has 2 aromatic rings. The fraction of sp³-hybridized carbons (Fsp3) is 0.125. The maximum atomic E-state index is 12.5. The van der Waals surface area contributed by atoms with Crippen LogP contribution in [0.15, 0.2) is 53.0 Å². The van der Waals surface area contributed by atoms with Gasteiger partial charge < -0.3 is 16.0 Å². The summed E-state index contributed by atoms with van der Waals surface area (Å²) in [6.07, 6.45) is -1.04. The number of nitrogens with one attached hydrogen (secondary N) is 3.